The molecule has 2 N–H and O–H groups in total. The first-order chi connectivity index (χ1) is 14.8. The molecule has 0 saturated carbocycles. The molecule has 3 fully saturated rings. The summed E-state index contributed by atoms with van der Waals surface area (Å²) in [6.45, 7) is 5.19. The number of aliphatic hydroxyl groups is 1. The molecule has 0 aliphatic carbocycles. The number of fused-ring (bicyclic) bond motifs is 1. The minimum atomic E-state index is -1.23. The van der Waals surface area contributed by atoms with Crippen LogP contribution in [0.15, 0.2) is 36.9 Å². The molecule has 1 aromatic rings. The van der Waals surface area contributed by atoms with Crippen molar-refractivity contribution in [1.29, 1.82) is 0 Å². The number of carboxylic acids is 1. The van der Waals surface area contributed by atoms with Gasteiger partial charge in [-0.2, -0.15) is 0 Å². The van der Waals surface area contributed by atoms with E-state index in [4.69, 9.17) is 16.3 Å². The highest BCUT2D eigenvalue weighted by Gasteiger charge is 2.75. The highest BCUT2D eigenvalue weighted by atomic mass is 35.5. The molecule has 2 bridgehead atoms. The third kappa shape index (κ3) is 3.16. The van der Waals surface area contributed by atoms with Crippen LogP contribution in [0.3, 0.4) is 0 Å². The summed E-state index contributed by atoms with van der Waals surface area (Å²) in [5, 5.41) is 20.1. The van der Waals surface area contributed by atoms with E-state index in [0.29, 0.717) is 23.6 Å². The van der Waals surface area contributed by atoms with Crippen molar-refractivity contribution in [3.05, 3.63) is 41.9 Å². The largest absolute Gasteiger partial charge is 0.481 e. The third-order valence-corrected chi connectivity index (χ3v) is 6.96. The molecule has 9 heteroatoms. The molecule has 1 spiro atoms. The normalized spacial score (nSPS) is 32.1. The van der Waals surface area contributed by atoms with E-state index in [-0.39, 0.29) is 13.2 Å². The number of halogens is 1. The molecule has 3 heterocycles. The Balaban J connectivity index is 1.80. The Kier molecular flexibility index (Phi) is 5.57. The summed E-state index contributed by atoms with van der Waals surface area (Å²) in [6.07, 6.45) is 1.85. The molecule has 2 unspecified atom stereocenters. The molecule has 3 aliphatic rings. The number of amides is 2. The molecule has 8 nitrogen and oxygen atoms in total. The number of rotatable bonds is 7. The smallest absolute Gasteiger partial charge is 0.310 e. The van der Waals surface area contributed by atoms with Crippen molar-refractivity contribution in [2.75, 3.05) is 18.1 Å². The standard InChI is InChI=1S/C22H25ClN2O6/c1-3-10-24(14-6-4-13(23)5-7-14)20(28)18-22-9-8-15(31-22)16(21(29)30)17(22)19(27)25(18)12(2)11-26/h3-7,12,15-18,26H,1,8-11H2,2H3,(H,29,30)/t12-,15+,16-,17+,18?,22?/m1/s1. The van der Waals surface area contributed by atoms with Crippen LogP contribution >= 0.6 is 11.6 Å². The fourth-order valence-corrected chi connectivity index (χ4v) is 5.56. The SMILES string of the molecule is C=CCN(C(=O)C1N([C@H](C)CO)C(=O)[C@@H]2[C@H](C(=O)O)[C@@H]3CCC12O3)c1ccc(Cl)cc1. The van der Waals surface area contributed by atoms with Crippen molar-refractivity contribution in [3.63, 3.8) is 0 Å². The molecule has 3 aliphatic heterocycles. The quantitative estimate of drug-likeness (QED) is 0.615. The van der Waals surface area contributed by atoms with Crippen molar-refractivity contribution in [2.45, 2.75) is 43.6 Å². The summed E-state index contributed by atoms with van der Waals surface area (Å²) in [4.78, 5) is 42.2. The number of benzene rings is 1. The van der Waals surface area contributed by atoms with Crippen LogP contribution in [0.25, 0.3) is 0 Å². The number of carbonyl (C=O) groups is 3. The van der Waals surface area contributed by atoms with Gasteiger partial charge in [-0.3, -0.25) is 14.4 Å². The highest BCUT2D eigenvalue weighted by Crippen LogP contribution is 2.59. The average Bonchev–Trinajstić information content (AvgIpc) is 3.39. The Morgan fingerprint density at radius 2 is 2.10 bits per heavy atom. The van der Waals surface area contributed by atoms with Crippen LogP contribution in [0.5, 0.6) is 0 Å². The number of likely N-dealkylation sites (tertiary alicyclic amines) is 1. The van der Waals surface area contributed by atoms with Gasteiger partial charge in [0.2, 0.25) is 5.91 Å². The van der Waals surface area contributed by atoms with Crippen LogP contribution in [0.4, 0.5) is 5.69 Å². The van der Waals surface area contributed by atoms with E-state index >= 15 is 0 Å². The first-order valence-corrected chi connectivity index (χ1v) is 10.7. The van der Waals surface area contributed by atoms with Crippen molar-refractivity contribution < 1.29 is 29.3 Å². The lowest BCUT2D eigenvalue weighted by Gasteiger charge is -2.38. The molecule has 6 atom stereocenters. The number of carboxylic acid groups (broad SMARTS) is 1. The lowest BCUT2D eigenvalue weighted by molar-refractivity contribution is -0.150. The summed E-state index contributed by atoms with van der Waals surface area (Å²) < 4.78 is 6.15. The van der Waals surface area contributed by atoms with Gasteiger partial charge in [0, 0.05) is 17.3 Å². The van der Waals surface area contributed by atoms with Crippen LogP contribution in [-0.4, -0.2) is 69.8 Å². The maximum absolute atomic E-state index is 13.9. The first kappa shape index (κ1) is 21.8. The number of nitrogens with zero attached hydrogens (tertiary/aromatic N) is 2. The van der Waals surface area contributed by atoms with E-state index in [1.54, 1.807) is 37.3 Å². The number of carbonyl (C=O) groups excluding carboxylic acids is 2. The Bertz CT molecular complexity index is 921. The predicted octanol–water partition coefficient (Wildman–Crippen LogP) is 1.70. The second-order valence-corrected chi connectivity index (χ2v) is 8.82. The summed E-state index contributed by atoms with van der Waals surface area (Å²) in [7, 11) is 0. The van der Waals surface area contributed by atoms with Gasteiger partial charge in [0.05, 0.1) is 30.6 Å². The summed E-state index contributed by atoms with van der Waals surface area (Å²) in [6, 6.07) is 5.00. The van der Waals surface area contributed by atoms with Crippen LogP contribution in [0.2, 0.25) is 5.02 Å². The van der Waals surface area contributed by atoms with Crippen molar-refractivity contribution >= 4 is 35.1 Å². The summed E-state index contributed by atoms with van der Waals surface area (Å²) in [5.74, 6) is -3.91. The lowest BCUT2D eigenvalue weighted by atomic mass is 9.70. The molecule has 166 valence electrons. The van der Waals surface area contributed by atoms with Crippen LogP contribution in [0.1, 0.15) is 19.8 Å². The van der Waals surface area contributed by atoms with Gasteiger partial charge in [-0.25, -0.2) is 0 Å². The number of anilines is 1. The molecule has 2 amide bonds. The Labute approximate surface area is 185 Å². The minimum absolute atomic E-state index is 0.180. The van der Waals surface area contributed by atoms with Gasteiger partial charge in [0.25, 0.3) is 5.91 Å². The Morgan fingerprint density at radius 1 is 1.42 bits per heavy atom. The zero-order chi connectivity index (χ0) is 22.5. The Hall–Kier alpha value is -2.42. The van der Waals surface area contributed by atoms with Crippen molar-refractivity contribution in [1.82, 2.24) is 4.90 Å². The third-order valence-electron chi connectivity index (χ3n) is 6.71. The highest BCUT2D eigenvalue weighted by molar-refractivity contribution is 6.30. The van der Waals surface area contributed by atoms with Gasteiger partial charge in [0.1, 0.15) is 11.6 Å². The maximum atomic E-state index is 13.9. The molecular formula is C22H25ClN2O6. The second kappa shape index (κ2) is 7.93. The molecular weight excluding hydrogens is 424 g/mol. The van der Waals surface area contributed by atoms with Gasteiger partial charge in [-0.05, 0) is 44.0 Å². The predicted molar refractivity (Wildman–Crippen MR) is 113 cm³/mol. The van der Waals surface area contributed by atoms with E-state index in [0.717, 1.165) is 0 Å². The van der Waals surface area contributed by atoms with Gasteiger partial charge < -0.3 is 24.7 Å². The van der Waals surface area contributed by atoms with Crippen molar-refractivity contribution in [2.24, 2.45) is 11.8 Å². The zero-order valence-corrected chi connectivity index (χ0v) is 17.9. The number of hydrogen-bond acceptors (Lipinski definition) is 5. The monoisotopic (exact) mass is 448 g/mol. The molecule has 3 saturated heterocycles. The van der Waals surface area contributed by atoms with E-state index in [1.807, 2.05) is 0 Å². The topological polar surface area (TPSA) is 107 Å². The van der Waals surface area contributed by atoms with E-state index in [2.05, 4.69) is 6.58 Å². The molecule has 1 aromatic carbocycles. The van der Waals surface area contributed by atoms with Gasteiger partial charge in [-0.15, -0.1) is 6.58 Å². The van der Waals surface area contributed by atoms with Crippen LogP contribution in [-0.2, 0) is 19.1 Å². The summed E-state index contributed by atoms with van der Waals surface area (Å²) in [5.41, 5.74) is -0.655. The summed E-state index contributed by atoms with van der Waals surface area (Å²) >= 11 is 5.99. The van der Waals surface area contributed by atoms with E-state index in [1.165, 1.54) is 9.80 Å². The maximum Gasteiger partial charge on any atom is 0.310 e. The van der Waals surface area contributed by atoms with Crippen molar-refractivity contribution in [3.8, 4) is 0 Å². The van der Waals surface area contributed by atoms with Gasteiger partial charge in [-0.1, -0.05) is 17.7 Å². The number of aliphatic carboxylic acids is 1. The molecule has 31 heavy (non-hydrogen) atoms. The molecule has 0 radical (unpaired) electrons. The zero-order valence-electron chi connectivity index (χ0n) is 17.1. The van der Waals surface area contributed by atoms with Crippen LogP contribution < -0.4 is 4.90 Å². The van der Waals surface area contributed by atoms with E-state index < -0.39 is 53.4 Å². The lowest BCUT2D eigenvalue weighted by Crippen LogP contribution is -2.58. The minimum Gasteiger partial charge on any atom is -0.481 e. The second-order valence-electron chi connectivity index (χ2n) is 8.39. The molecule has 4 rings (SSSR count). The van der Waals surface area contributed by atoms with Gasteiger partial charge in [0.15, 0.2) is 0 Å². The number of aliphatic hydroxyl groups excluding tert-OH is 1. The first-order valence-electron chi connectivity index (χ1n) is 10.3. The average molecular weight is 449 g/mol. The van der Waals surface area contributed by atoms with Gasteiger partial charge >= 0.3 is 5.97 Å². The fourth-order valence-electron chi connectivity index (χ4n) is 5.43. The number of hydrogen-bond donors (Lipinski definition) is 2. The fraction of sp³-hybridized carbons (Fsp3) is 0.500. The Morgan fingerprint density at radius 3 is 2.68 bits per heavy atom. The van der Waals surface area contributed by atoms with Crippen LogP contribution in [0, 0.1) is 11.8 Å². The number of ether oxygens (including phenoxy) is 1. The molecule has 0 aromatic heterocycles. The van der Waals surface area contributed by atoms with E-state index in [9.17, 15) is 24.6 Å².